The number of fused-ring (bicyclic) bond motifs is 1. The number of carbonyl (C=O) groups excluding carboxylic acids is 4. The van der Waals surface area contributed by atoms with Crippen molar-refractivity contribution in [2.24, 2.45) is 35.5 Å². The van der Waals surface area contributed by atoms with Gasteiger partial charge in [0.2, 0.25) is 17.6 Å². The van der Waals surface area contributed by atoms with Gasteiger partial charge in [0.15, 0.2) is 6.10 Å². The molecule has 0 spiro atoms. The molecule has 7 nitrogen and oxygen atoms in total. The molecule has 0 radical (unpaired) electrons. The molecule has 7 unspecified atom stereocenters. The molecule has 3 aromatic carbocycles. The molecule has 4 aliphatic carbocycles. The summed E-state index contributed by atoms with van der Waals surface area (Å²) in [5.41, 5.74) is 3.59. The van der Waals surface area contributed by atoms with Crippen LogP contribution in [-0.2, 0) is 20.7 Å². The molecule has 1 aliphatic heterocycles. The Hall–Kier alpha value is -4.21. The van der Waals surface area contributed by atoms with Gasteiger partial charge in [0.1, 0.15) is 5.82 Å². The van der Waals surface area contributed by atoms with Crippen LogP contribution >= 0.6 is 27.5 Å². The molecule has 9 rings (SSSR count). The highest BCUT2D eigenvalue weighted by Crippen LogP contribution is 2.65. The van der Waals surface area contributed by atoms with E-state index in [1.165, 1.54) is 29.2 Å². The van der Waals surface area contributed by atoms with E-state index in [9.17, 15) is 23.6 Å². The first-order valence-corrected chi connectivity index (χ1v) is 17.9. The molecular weight excluding hydrogens is 711 g/mol. The van der Waals surface area contributed by atoms with Crippen molar-refractivity contribution < 1.29 is 28.3 Å². The number of allylic oxidation sites excluding steroid dienone is 2. The SMILES string of the molecule is CCc1cc(Br)cc2c(C(=O)OC(CCCl)C(=O)c3ccc(F)cc3)cc(-c3ccc(N4C(=O)C5C6C=CC(C7CC67)C5C4=O)cc3)nc12. The number of benzene rings is 3. The number of pyridine rings is 1. The lowest BCUT2D eigenvalue weighted by Gasteiger charge is -2.37. The van der Waals surface area contributed by atoms with Gasteiger partial charge in [-0.3, -0.25) is 19.3 Å². The number of Topliss-reactive ketones (excluding diaryl/α,β-unsaturated/α-hetero) is 1. The van der Waals surface area contributed by atoms with Gasteiger partial charge in [-0.1, -0.05) is 47.1 Å². The van der Waals surface area contributed by atoms with Gasteiger partial charge >= 0.3 is 5.97 Å². The van der Waals surface area contributed by atoms with Gasteiger partial charge in [0.25, 0.3) is 0 Å². The number of nitrogens with zero attached hydrogens (tertiary/aromatic N) is 2. The van der Waals surface area contributed by atoms with Crippen molar-refractivity contribution in [3.63, 3.8) is 0 Å². The van der Waals surface area contributed by atoms with Crippen molar-refractivity contribution >= 4 is 67.7 Å². The zero-order chi connectivity index (χ0) is 34.1. The second-order valence-electron chi connectivity index (χ2n) is 13.3. The molecule has 2 heterocycles. The minimum atomic E-state index is -1.19. The van der Waals surface area contributed by atoms with E-state index >= 15 is 0 Å². The Balaban J connectivity index is 1.13. The van der Waals surface area contributed by atoms with E-state index in [1.54, 1.807) is 36.4 Å². The van der Waals surface area contributed by atoms with Gasteiger partial charge in [0.05, 0.1) is 34.3 Å². The molecule has 2 bridgehead atoms. The van der Waals surface area contributed by atoms with Gasteiger partial charge in [-0.25, -0.2) is 14.2 Å². The van der Waals surface area contributed by atoms with Crippen LogP contribution in [0.15, 0.2) is 83.4 Å². The minimum Gasteiger partial charge on any atom is -0.450 e. The van der Waals surface area contributed by atoms with Crippen LogP contribution in [0.3, 0.4) is 0 Å². The number of imide groups is 1. The fourth-order valence-electron chi connectivity index (χ4n) is 8.27. The number of aromatic nitrogens is 1. The highest BCUT2D eigenvalue weighted by molar-refractivity contribution is 9.10. The maximum atomic E-state index is 13.9. The molecule has 3 fully saturated rings. The topological polar surface area (TPSA) is 93.6 Å². The van der Waals surface area contributed by atoms with Gasteiger partial charge in [0, 0.05) is 33.3 Å². The van der Waals surface area contributed by atoms with E-state index in [0.717, 1.165) is 16.5 Å². The summed E-state index contributed by atoms with van der Waals surface area (Å²) >= 11 is 9.56. The lowest BCUT2D eigenvalue weighted by Crippen LogP contribution is -2.40. The summed E-state index contributed by atoms with van der Waals surface area (Å²) in [6.07, 6.45) is 4.94. The Kier molecular flexibility index (Phi) is 8.03. The number of carbonyl (C=O) groups is 4. The van der Waals surface area contributed by atoms with Gasteiger partial charge in [-0.15, -0.1) is 11.6 Å². The summed E-state index contributed by atoms with van der Waals surface area (Å²) in [7, 11) is 0. The average molecular weight is 742 g/mol. The summed E-state index contributed by atoms with van der Waals surface area (Å²) in [4.78, 5) is 60.9. The molecule has 0 N–H and O–H groups in total. The molecule has 1 saturated heterocycles. The van der Waals surface area contributed by atoms with E-state index in [0.29, 0.717) is 46.1 Å². The molecule has 1 aromatic heterocycles. The minimum absolute atomic E-state index is 0.0631. The first-order chi connectivity index (χ1) is 23.7. The van der Waals surface area contributed by atoms with Crippen LogP contribution in [0.4, 0.5) is 10.1 Å². The summed E-state index contributed by atoms with van der Waals surface area (Å²) in [5.74, 6) is -1.12. The van der Waals surface area contributed by atoms with Crippen molar-refractivity contribution in [2.45, 2.75) is 32.3 Å². The van der Waals surface area contributed by atoms with E-state index in [4.69, 9.17) is 21.3 Å². The normalized spacial score (nSPS) is 25.3. The van der Waals surface area contributed by atoms with Crippen LogP contribution in [0.5, 0.6) is 0 Å². The average Bonchev–Trinajstić information content (AvgIpc) is 3.89. The second kappa shape index (κ2) is 12.3. The standard InChI is InChI=1S/C39H31BrClFN2O5/c1-2-19-15-22(40)16-29-30(39(48)49-32(13-14-41)36(45)21-3-7-23(42)8-4-21)18-31(43-35(19)29)20-5-9-24(10-6-20)44-37(46)33-25-11-12-26(28-17-27(25)28)34(33)38(44)47/h3-12,15-16,18,25-28,32-34H,2,13-14,17H2,1H3. The predicted molar refractivity (Wildman–Crippen MR) is 187 cm³/mol. The Labute approximate surface area is 295 Å². The van der Waals surface area contributed by atoms with Crippen LogP contribution in [0.2, 0.25) is 0 Å². The highest BCUT2D eigenvalue weighted by Gasteiger charge is 2.67. The number of hydrogen-bond acceptors (Lipinski definition) is 6. The first-order valence-electron chi connectivity index (χ1n) is 16.5. The van der Waals surface area contributed by atoms with Gasteiger partial charge < -0.3 is 4.74 Å². The molecule has 5 aliphatic rings. The maximum absolute atomic E-state index is 13.9. The molecule has 248 valence electrons. The summed E-state index contributed by atoms with van der Waals surface area (Å²) in [5, 5.41) is 0.549. The third kappa shape index (κ3) is 5.33. The van der Waals surface area contributed by atoms with Gasteiger partial charge in [-0.2, -0.15) is 0 Å². The zero-order valence-corrected chi connectivity index (χ0v) is 28.8. The third-order valence-electron chi connectivity index (χ3n) is 10.7. The molecule has 2 saturated carbocycles. The fraction of sp³-hybridized carbons (Fsp3) is 0.308. The molecule has 4 aromatic rings. The number of halogens is 3. The number of anilines is 1. The van der Waals surface area contributed by atoms with Crippen LogP contribution in [0.25, 0.3) is 22.2 Å². The Morgan fingerprint density at radius 3 is 2.24 bits per heavy atom. The van der Waals surface area contributed by atoms with E-state index in [2.05, 4.69) is 28.1 Å². The Morgan fingerprint density at radius 1 is 0.980 bits per heavy atom. The third-order valence-corrected chi connectivity index (χ3v) is 11.4. The number of ether oxygens (including phenoxy) is 1. The lowest BCUT2D eigenvalue weighted by molar-refractivity contribution is -0.124. The van der Waals surface area contributed by atoms with Gasteiger partial charge in [-0.05, 0) is 96.7 Å². The fourth-order valence-corrected chi connectivity index (χ4v) is 8.98. The smallest absolute Gasteiger partial charge is 0.339 e. The molecular formula is C39H31BrClFN2O5. The number of esters is 1. The van der Waals surface area contributed by atoms with Crippen molar-refractivity contribution in [1.29, 1.82) is 0 Å². The molecule has 49 heavy (non-hydrogen) atoms. The first kappa shape index (κ1) is 32.0. The second-order valence-corrected chi connectivity index (χ2v) is 14.6. The van der Waals surface area contributed by atoms with Crippen molar-refractivity contribution in [1.82, 2.24) is 4.98 Å². The predicted octanol–water partition coefficient (Wildman–Crippen LogP) is 7.96. The Morgan fingerprint density at radius 2 is 1.63 bits per heavy atom. The molecule has 10 heteroatoms. The summed E-state index contributed by atoms with van der Waals surface area (Å²) in [6, 6.07) is 17.5. The van der Waals surface area contributed by atoms with Crippen molar-refractivity contribution in [3.8, 4) is 11.3 Å². The van der Waals surface area contributed by atoms with E-state index in [1.807, 2.05) is 13.0 Å². The highest BCUT2D eigenvalue weighted by atomic mass is 79.9. The number of hydrogen-bond donors (Lipinski definition) is 0. The van der Waals surface area contributed by atoms with Crippen LogP contribution in [0.1, 0.15) is 46.0 Å². The van der Waals surface area contributed by atoms with Crippen LogP contribution < -0.4 is 4.90 Å². The zero-order valence-electron chi connectivity index (χ0n) is 26.4. The lowest BCUT2D eigenvalue weighted by atomic mass is 9.63. The largest absolute Gasteiger partial charge is 0.450 e. The van der Waals surface area contributed by atoms with E-state index in [-0.39, 0.29) is 58.9 Å². The molecule has 7 atom stereocenters. The molecule has 2 amide bonds. The number of aryl methyl sites for hydroxylation is 1. The van der Waals surface area contributed by atoms with Crippen LogP contribution in [0, 0.1) is 41.3 Å². The van der Waals surface area contributed by atoms with Crippen LogP contribution in [-0.4, -0.2) is 40.5 Å². The quantitative estimate of drug-likeness (QED) is 0.0569. The summed E-state index contributed by atoms with van der Waals surface area (Å²) < 4.78 is 20.1. The van der Waals surface area contributed by atoms with Crippen molar-refractivity contribution in [3.05, 3.63) is 106 Å². The Bertz CT molecular complexity index is 2050. The maximum Gasteiger partial charge on any atom is 0.339 e. The number of amides is 2. The van der Waals surface area contributed by atoms with E-state index < -0.39 is 23.7 Å². The number of ketones is 1. The number of alkyl halides is 1. The monoisotopic (exact) mass is 740 g/mol. The summed E-state index contributed by atoms with van der Waals surface area (Å²) in [6.45, 7) is 1.99. The van der Waals surface area contributed by atoms with Crippen molar-refractivity contribution in [2.75, 3.05) is 10.8 Å². The number of rotatable bonds is 9.